The van der Waals surface area contributed by atoms with Gasteiger partial charge < -0.3 is 15.5 Å². The van der Waals surface area contributed by atoms with Gasteiger partial charge in [-0.2, -0.15) is 20.1 Å². The molecule has 0 aliphatic carbocycles. The predicted octanol–water partition coefficient (Wildman–Crippen LogP) is 0.678. The van der Waals surface area contributed by atoms with Crippen LogP contribution in [0.4, 0.5) is 17.8 Å². The Morgan fingerprint density at radius 1 is 1.20 bits per heavy atom. The predicted molar refractivity (Wildman–Crippen MR) is 79.0 cm³/mol. The van der Waals surface area contributed by atoms with E-state index in [4.69, 9.17) is 0 Å². The standard InChI is InChI=1S/C12H20N8/c1-13-10-16-11(18-12(17-10)19(2)3)14-6-4-8-20-9-5-7-15-20/h5,7,9H,4,6,8H2,1-3H3,(H2,13,14,16,17,18). The summed E-state index contributed by atoms with van der Waals surface area (Å²) in [6.45, 7) is 1.64. The number of hydrogen-bond acceptors (Lipinski definition) is 7. The van der Waals surface area contributed by atoms with Gasteiger partial charge in [-0.1, -0.05) is 0 Å². The Morgan fingerprint density at radius 3 is 2.65 bits per heavy atom. The third-order valence-corrected chi connectivity index (χ3v) is 2.65. The molecule has 0 aromatic carbocycles. The maximum absolute atomic E-state index is 4.35. The quantitative estimate of drug-likeness (QED) is 0.719. The van der Waals surface area contributed by atoms with Crippen molar-refractivity contribution < 1.29 is 0 Å². The molecule has 0 aliphatic rings. The van der Waals surface area contributed by atoms with E-state index in [1.54, 1.807) is 13.2 Å². The first-order valence-electron chi connectivity index (χ1n) is 6.51. The second-order valence-corrected chi connectivity index (χ2v) is 4.48. The van der Waals surface area contributed by atoms with Crippen LogP contribution in [-0.2, 0) is 6.54 Å². The molecular weight excluding hydrogens is 256 g/mol. The first-order valence-corrected chi connectivity index (χ1v) is 6.51. The van der Waals surface area contributed by atoms with Crippen molar-refractivity contribution in [3.05, 3.63) is 18.5 Å². The molecule has 108 valence electrons. The highest BCUT2D eigenvalue weighted by molar-refractivity contribution is 5.42. The fraction of sp³-hybridized carbons (Fsp3) is 0.500. The van der Waals surface area contributed by atoms with Crippen molar-refractivity contribution in [3.63, 3.8) is 0 Å². The second-order valence-electron chi connectivity index (χ2n) is 4.48. The van der Waals surface area contributed by atoms with Crippen molar-refractivity contribution >= 4 is 17.8 Å². The van der Waals surface area contributed by atoms with Gasteiger partial charge in [0, 0.05) is 46.6 Å². The van der Waals surface area contributed by atoms with Crippen LogP contribution in [0.15, 0.2) is 18.5 Å². The Labute approximate surface area is 118 Å². The molecule has 0 spiro atoms. The van der Waals surface area contributed by atoms with Gasteiger partial charge in [0.1, 0.15) is 0 Å². The Kier molecular flexibility index (Phi) is 4.70. The molecule has 0 aliphatic heterocycles. The van der Waals surface area contributed by atoms with Gasteiger partial charge in [-0.15, -0.1) is 0 Å². The summed E-state index contributed by atoms with van der Waals surface area (Å²) < 4.78 is 1.90. The number of nitrogens with zero attached hydrogens (tertiary/aromatic N) is 6. The van der Waals surface area contributed by atoms with Crippen molar-refractivity contribution in [2.45, 2.75) is 13.0 Å². The summed E-state index contributed by atoms with van der Waals surface area (Å²) in [6, 6.07) is 1.92. The summed E-state index contributed by atoms with van der Waals surface area (Å²) in [5.74, 6) is 1.76. The summed E-state index contributed by atoms with van der Waals surface area (Å²) >= 11 is 0. The highest BCUT2D eigenvalue weighted by atomic mass is 15.3. The molecule has 0 atom stereocenters. The topological polar surface area (TPSA) is 83.8 Å². The molecule has 2 heterocycles. The molecule has 0 radical (unpaired) electrons. The molecule has 20 heavy (non-hydrogen) atoms. The minimum Gasteiger partial charge on any atom is -0.357 e. The largest absolute Gasteiger partial charge is 0.357 e. The van der Waals surface area contributed by atoms with E-state index in [1.165, 1.54) is 0 Å². The summed E-state index contributed by atoms with van der Waals surface area (Å²) in [7, 11) is 5.59. The number of nitrogens with one attached hydrogen (secondary N) is 2. The average molecular weight is 276 g/mol. The van der Waals surface area contributed by atoms with E-state index in [1.807, 2.05) is 35.9 Å². The molecular formula is C12H20N8. The van der Waals surface area contributed by atoms with E-state index in [-0.39, 0.29) is 0 Å². The minimum absolute atomic E-state index is 0.554. The highest BCUT2D eigenvalue weighted by Crippen LogP contribution is 2.10. The van der Waals surface area contributed by atoms with Crippen LogP contribution in [-0.4, -0.2) is 52.4 Å². The number of aromatic nitrogens is 5. The first-order chi connectivity index (χ1) is 9.69. The molecule has 0 amide bonds. The number of hydrogen-bond donors (Lipinski definition) is 2. The van der Waals surface area contributed by atoms with Crippen LogP contribution in [0.3, 0.4) is 0 Å². The van der Waals surface area contributed by atoms with Crippen molar-refractivity contribution in [2.75, 3.05) is 43.2 Å². The van der Waals surface area contributed by atoms with Gasteiger partial charge in [0.25, 0.3) is 0 Å². The van der Waals surface area contributed by atoms with E-state index in [2.05, 4.69) is 30.7 Å². The summed E-state index contributed by atoms with van der Waals surface area (Å²) in [6.07, 6.45) is 4.67. The maximum atomic E-state index is 4.35. The van der Waals surface area contributed by atoms with Gasteiger partial charge in [-0.05, 0) is 12.5 Å². The molecule has 2 rings (SSSR count). The van der Waals surface area contributed by atoms with Crippen LogP contribution < -0.4 is 15.5 Å². The van der Waals surface area contributed by atoms with Gasteiger partial charge in [0.2, 0.25) is 17.8 Å². The van der Waals surface area contributed by atoms with Gasteiger partial charge in [-0.3, -0.25) is 4.68 Å². The molecule has 8 nitrogen and oxygen atoms in total. The van der Waals surface area contributed by atoms with Crippen LogP contribution in [0.25, 0.3) is 0 Å². The summed E-state index contributed by atoms with van der Waals surface area (Å²) in [4.78, 5) is 14.7. The van der Waals surface area contributed by atoms with Crippen LogP contribution in [0.1, 0.15) is 6.42 Å². The molecule has 8 heteroatoms. The molecule has 2 N–H and O–H groups in total. The van der Waals surface area contributed by atoms with Crippen molar-refractivity contribution in [1.82, 2.24) is 24.7 Å². The Bertz CT molecular complexity index is 522. The highest BCUT2D eigenvalue weighted by Gasteiger charge is 2.06. The van der Waals surface area contributed by atoms with Crippen molar-refractivity contribution in [3.8, 4) is 0 Å². The zero-order valence-corrected chi connectivity index (χ0v) is 12.0. The zero-order chi connectivity index (χ0) is 14.4. The van der Waals surface area contributed by atoms with E-state index >= 15 is 0 Å². The zero-order valence-electron chi connectivity index (χ0n) is 12.0. The van der Waals surface area contributed by atoms with Gasteiger partial charge in [-0.25, -0.2) is 0 Å². The van der Waals surface area contributed by atoms with Gasteiger partial charge >= 0.3 is 0 Å². The summed E-state index contributed by atoms with van der Waals surface area (Å²) in [5, 5.41) is 10.3. The lowest BCUT2D eigenvalue weighted by molar-refractivity contribution is 0.591. The smallest absolute Gasteiger partial charge is 0.231 e. The van der Waals surface area contributed by atoms with Crippen LogP contribution in [0, 0.1) is 0 Å². The molecule has 0 saturated heterocycles. The van der Waals surface area contributed by atoms with Gasteiger partial charge in [0.05, 0.1) is 0 Å². The SMILES string of the molecule is CNc1nc(NCCCn2cccn2)nc(N(C)C)n1. The number of anilines is 3. The monoisotopic (exact) mass is 276 g/mol. The first kappa shape index (κ1) is 14.0. The van der Waals surface area contributed by atoms with Crippen molar-refractivity contribution in [1.29, 1.82) is 0 Å². The van der Waals surface area contributed by atoms with E-state index in [0.29, 0.717) is 17.8 Å². The lowest BCUT2D eigenvalue weighted by Gasteiger charge is -2.13. The molecule has 0 saturated carbocycles. The molecule has 2 aromatic rings. The Balaban J connectivity index is 1.89. The number of aryl methyl sites for hydroxylation is 1. The number of rotatable bonds is 7. The third-order valence-electron chi connectivity index (χ3n) is 2.65. The summed E-state index contributed by atoms with van der Waals surface area (Å²) in [5.41, 5.74) is 0. The molecule has 0 fully saturated rings. The molecule has 0 unspecified atom stereocenters. The lowest BCUT2D eigenvalue weighted by atomic mass is 10.4. The fourth-order valence-corrected chi connectivity index (χ4v) is 1.63. The lowest BCUT2D eigenvalue weighted by Crippen LogP contribution is -2.17. The van der Waals surface area contributed by atoms with Gasteiger partial charge in [0.15, 0.2) is 0 Å². The van der Waals surface area contributed by atoms with Crippen LogP contribution in [0.5, 0.6) is 0 Å². The van der Waals surface area contributed by atoms with Crippen molar-refractivity contribution in [2.24, 2.45) is 0 Å². The Morgan fingerprint density at radius 2 is 2.00 bits per heavy atom. The van der Waals surface area contributed by atoms with Crippen LogP contribution >= 0.6 is 0 Å². The third kappa shape index (κ3) is 3.81. The fourth-order valence-electron chi connectivity index (χ4n) is 1.63. The molecule has 0 bridgehead atoms. The minimum atomic E-state index is 0.554. The van der Waals surface area contributed by atoms with E-state index < -0.39 is 0 Å². The average Bonchev–Trinajstić information content (AvgIpc) is 2.96. The van der Waals surface area contributed by atoms with Crippen LogP contribution in [0.2, 0.25) is 0 Å². The Hall–Kier alpha value is -2.38. The second kappa shape index (κ2) is 6.69. The van der Waals surface area contributed by atoms with E-state index in [9.17, 15) is 0 Å². The maximum Gasteiger partial charge on any atom is 0.231 e. The normalized spacial score (nSPS) is 10.3. The molecule has 2 aromatic heterocycles. The van der Waals surface area contributed by atoms with E-state index in [0.717, 1.165) is 19.5 Å².